The van der Waals surface area contributed by atoms with Crippen LogP contribution in [-0.4, -0.2) is 17.4 Å². The predicted molar refractivity (Wildman–Crippen MR) is 38.0 cm³/mol. The minimum Gasteiger partial charge on any atom is -0.298 e. The van der Waals surface area contributed by atoms with Gasteiger partial charge in [0.15, 0.2) is 6.29 Å². The van der Waals surface area contributed by atoms with Crippen molar-refractivity contribution in [2.24, 2.45) is 0 Å². The van der Waals surface area contributed by atoms with Gasteiger partial charge in [0.05, 0.1) is 0 Å². The van der Waals surface area contributed by atoms with Gasteiger partial charge in [0.1, 0.15) is 0 Å². The van der Waals surface area contributed by atoms with Crippen LogP contribution in [0.1, 0.15) is 10.4 Å². The number of carbonyl (C=O) groups excluding carboxylic acids is 2. The van der Waals surface area contributed by atoms with Gasteiger partial charge in [-0.05, 0) is 12.1 Å². The number of carbonyl (C=O) groups is 1. The predicted octanol–water partition coefficient (Wildman–Crippen LogP) is 0.795. The van der Waals surface area contributed by atoms with Gasteiger partial charge in [-0.2, -0.15) is 0 Å². The molecule has 0 fully saturated rings. The second-order valence-corrected chi connectivity index (χ2v) is 1.51. The fourth-order valence-electron chi connectivity index (χ4n) is 0.446. The maximum atomic E-state index is 9.97. The molecule has 1 aromatic rings. The summed E-state index contributed by atoms with van der Waals surface area (Å²) in [5, 5.41) is 5.40. The van der Waals surface area contributed by atoms with Crippen LogP contribution in [0.25, 0.3) is 0 Å². The zero-order valence-electron chi connectivity index (χ0n) is 5.65. The number of hydrogen-bond donors (Lipinski definition) is 1. The zero-order chi connectivity index (χ0) is 8.53. The lowest BCUT2D eigenvalue weighted by Crippen LogP contribution is -1.77. The molecule has 1 N–H and O–H groups in total. The van der Waals surface area contributed by atoms with Crippen molar-refractivity contribution < 1.29 is 9.59 Å². The SMILES string of the molecule is N=C=O.O=Cc1cccnc1. The Bertz CT molecular complexity index is 240. The Labute approximate surface area is 63.4 Å². The van der Waals surface area contributed by atoms with Crippen LogP contribution in [0.4, 0.5) is 0 Å². The molecule has 4 heteroatoms. The van der Waals surface area contributed by atoms with Crippen LogP contribution in [-0.2, 0) is 4.79 Å². The van der Waals surface area contributed by atoms with E-state index in [-0.39, 0.29) is 0 Å². The normalized spacial score (nSPS) is 6.91. The van der Waals surface area contributed by atoms with Gasteiger partial charge in [-0.3, -0.25) is 9.78 Å². The van der Waals surface area contributed by atoms with Gasteiger partial charge in [-0.15, -0.1) is 0 Å². The molecular weight excluding hydrogens is 144 g/mol. The lowest BCUT2D eigenvalue weighted by Gasteiger charge is -1.81. The van der Waals surface area contributed by atoms with Crippen LogP contribution in [0.2, 0.25) is 0 Å². The molecule has 0 bridgehead atoms. The highest BCUT2D eigenvalue weighted by Gasteiger charge is 1.81. The van der Waals surface area contributed by atoms with Gasteiger partial charge in [0.2, 0.25) is 6.08 Å². The molecule has 0 aliphatic heterocycles. The molecule has 0 atom stereocenters. The molecule has 0 aromatic carbocycles. The molecule has 1 aromatic heterocycles. The van der Waals surface area contributed by atoms with E-state index in [1.807, 2.05) is 0 Å². The average Bonchev–Trinajstić information content (AvgIpc) is 2.08. The molecule has 0 saturated carbocycles. The molecule has 0 aliphatic carbocycles. The van der Waals surface area contributed by atoms with Crippen molar-refractivity contribution in [2.45, 2.75) is 0 Å². The van der Waals surface area contributed by atoms with E-state index in [1.165, 1.54) is 6.20 Å². The molecule has 1 heterocycles. The van der Waals surface area contributed by atoms with Gasteiger partial charge >= 0.3 is 0 Å². The van der Waals surface area contributed by atoms with Crippen molar-refractivity contribution in [2.75, 3.05) is 0 Å². The molecule has 0 unspecified atom stereocenters. The molecule has 0 aliphatic rings. The number of nitrogens with one attached hydrogen (secondary N) is 1. The Hall–Kier alpha value is -1.80. The molecule has 4 nitrogen and oxygen atoms in total. The van der Waals surface area contributed by atoms with E-state index in [0.29, 0.717) is 5.56 Å². The summed E-state index contributed by atoms with van der Waals surface area (Å²) in [6.07, 6.45) is 4.67. The number of hydrogen-bond acceptors (Lipinski definition) is 4. The van der Waals surface area contributed by atoms with Crippen molar-refractivity contribution in [3.05, 3.63) is 30.1 Å². The summed E-state index contributed by atoms with van der Waals surface area (Å²) in [6.45, 7) is 0. The lowest BCUT2D eigenvalue weighted by molar-refractivity contribution is 0.112. The van der Waals surface area contributed by atoms with Crippen LogP contribution in [0.3, 0.4) is 0 Å². The van der Waals surface area contributed by atoms with Crippen molar-refractivity contribution in [1.82, 2.24) is 4.98 Å². The second-order valence-electron chi connectivity index (χ2n) is 1.51. The van der Waals surface area contributed by atoms with Crippen molar-refractivity contribution in [3.63, 3.8) is 0 Å². The highest BCUT2D eigenvalue weighted by atomic mass is 16.1. The number of isocyanates is 1. The number of aldehydes is 1. The van der Waals surface area contributed by atoms with Gasteiger partial charge in [0.25, 0.3) is 0 Å². The molecule has 56 valence electrons. The summed E-state index contributed by atoms with van der Waals surface area (Å²) in [6, 6.07) is 3.43. The van der Waals surface area contributed by atoms with E-state index < -0.39 is 0 Å². The topological polar surface area (TPSA) is 70.9 Å². The number of aromatic nitrogens is 1. The van der Waals surface area contributed by atoms with E-state index in [4.69, 9.17) is 10.2 Å². The standard InChI is InChI=1S/C6H5NO.CHNO/c8-5-6-2-1-3-7-4-6;2-1-3/h1-5H;2H. The first-order valence-corrected chi connectivity index (χ1v) is 2.74. The molecule has 0 spiro atoms. The van der Waals surface area contributed by atoms with E-state index >= 15 is 0 Å². The quantitative estimate of drug-likeness (QED) is 0.365. The largest absolute Gasteiger partial charge is 0.298 e. The Morgan fingerprint density at radius 3 is 2.55 bits per heavy atom. The number of rotatable bonds is 1. The molecule has 0 amide bonds. The Morgan fingerprint density at radius 2 is 2.27 bits per heavy atom. The molecular formula is C7H6N2O2. The third-order valence-corrected chi connectivity index (χ3v) is 0.820. The summed E-state index contributed by atoms with van der Waals surface area (Å²) >= 11 is 0. The first-order chi connectivity index (χ1) is 5.35. The molecule has 0 saturated heterocycles. The van der Waals surface area contributed by atoms with Gasteiger partial charge in [0, 0.05) is 18.0 Å². The van der Waals surface area contributed by atoms with Gasteiger partial charge in [-0.1, -0.05) is 0 Å². The minimum absolute atomic E-state index is 0.618. The van der Waals surface area contributed by atoms with E-state index in [2.05, 4.69) is 4.98 Å². The van der Waals surface area contributed by atoms with Crippen LogP contribution >= 0.6 is 0 Å². The second kappa shape index (κ2) is 6.32. The van der Waals surface area contributed by atoms with Crippen molar-refractivity contribution >= 4 is 12.4 Å². The Balaban J connectivity index is 0.000000292. The first-order valence-electron chi connectivity index (χ1n) is 2.74. The maximum Gasteiger partial charge on any atom is 0.231 e. The smallest absolute Gasteiger partial charge is 0.231 e. The van der Waals surface area contributed by atoms with E-state index in [9.17, 15) is 4.79 Å². The first kappa shape index (κ1) is 9.20. The summed E-state index contributed by atoms with van der Waals surface area (Å²) < 4.78 is 0. The summed E-state index contributed by atoms with van der Waals surface area (Å²) in [4.78, 5) is 22.0. The number of nitrogens with zero attached hydrogens (tertiary/aromatic N) is 1. The van der Waals surface area contributed by atoms with E-state index in [0.717, 1.165) is 12.4 Å². The third kappa shape index (κ3) is 4.69. The van der Waals surface area contributed by atoms with Gasteiger partial charge < -0.3 is 0 Å². The van der Waals surface area contributed by atoms with Crippen molar-refractivity contribution in [1.29, 1.82) is 5.41 Å². The fraction of sp³-hybridized carbons (Fsp3) is 0. The molecule has 0 radical (unpaired) electrons. The maximum absolute atomic E-state index is 9.97. The van der Waals surface area contributed by atoms with Crippen LogP contribution in [0.15, 0.2) is 24.5 Å². The fourth-order valence-corrected chi connectivity index (χ4v) is 0.446. The van der Waals surface area contributed by atoms with Crippen LogP contribution in [0, 0.1) is 5.41 Å². The van der Waals surface area contributed by atoms with Crippen molar-refractivity contribution in [3.8, 4) is 0 Å². The third-order valence-electron chi connectivity index (χ3n) is 0.820. The van der Waals surface area contributed by atoms with E-state index in [1.54, 1.807) is 18.3 Å². The number of pyridine rings is 1. The van der Waals surface area contributed by atoms with Gasteiger partial charge in [-0.25, -0.2) is 10.2 Å². The van der Waals surface area contributed by atoms with Crippen LogP contribution in [0.5, 0.6) is 0 Å². The van der Waals surface area contributed by atoms with Crippen LogP contribution < -0.4 is 0 Å². The lowest BCUT2D eigenvalue weighted by atomic mass is 10.3. The Morgan fingerprint density at radius 1 is 1.64 bits per heavy atom. The molecule has 1 rings (SSSR count). The average molecular weight is 150 g/mol. The summed E-state index contributed by atoms with van der Waals surface area (Å²) in [5.74, 6) is 0. The monoisotopic (exact) mass is 150 g/mol. The molecule has 11 heavy (non-hydrogen) atoms. The zero-order valence-corrected chi connectivity index (χ0v) is 5.65. The highest BCUT2D eigenvalue weighted by Crippen LogP contribution is 1.87. The minimum atomic E-state index is 0.618. The Kier molecular flexibility index (Phi) is 5.29. The summed E-state index contributed by atoms with van der Waals surface area (Å²) in [5.41, 5.74) is 0.618. The summed E-state index contributed by atoms with van der Waals surface area (Å²) in [7, 11) is 0. The highest BCUT2D eigenvalue weighted by molar-refractivity contribution is 5.73.